The van der Waals surface area contributed by atoms with Gasteiger partial charge in [0, 0.05) is 23.0 Å². The lowest BCUT2D eigenvalue weighted by Crippen LogP contribution is -2.44. The van der Waals surface area contributed by atoms with E-state index in [0.717, 1.165) is 28.9 Å². The van der Waals surface area contributed by atoms with E-state index in [1.165, 1.54) is 0 Å². The van der Waals surface area contributed by atoms with Crippen molar-refractivity contribution in [3.63, 3.8) is 0 Å². The van der Waals surface area contributed by atoms with Gasteiger partial charge in [-0.15, -0.1) is 0 Å². The molecule has 4 rings (SSSR count). The summed E-state index contributed by atoms with van der Waals surface area (Å²) in [5, 5.41) is 3.61. The first-order valence-electron chi connectivity index (χ1n) is 8.93. The van der Waals surface area contributed by atoms with Crippen molar-refractivity contribution in [2.45, 2.75) is 32.4 Å². The molecule has 0 unspecified atom stereocenters. The SMILES string of the molecule is Cc1ccoc1C(=O)N1c2ccccc2[C@@H](Nc2ccccc2)C[C@@H]1C. The fourth-order valence-electron chi connectivity index (χ4n) is 3.70. The maximum atomic E-state index is 13.1. The van der Waals surface area contributed by atoms with Crippen molar-refractivity contribution in [1.82, 2.24) is 0 Å². The predicted molar refractivity (Wildman–Crippen MR) is 104 cm³/mol. The van der Waals surface area contributed by atoms with Crippen LogP contribution < -0.4 is 10.2 Å². The summed E-state index contributed by atoms with van der Waals surface area (Å²) >= 11 is 0. The van der Waals surface area contributed by atoms with E-state index in [-0.39, 0.29) is 18.0 Å². The van der Waals surface area contributed by atoms with Gasteiger partial charge in [-0.05, 0) is 50.1 Å². The van der Waals surface area contributed by atoms with E-state index < -0.39 is 0 Å². The Morgan fingerprint density at radius 1 is 1.08 bits per heavy atom. The van der Waals surface area contributed by atoms with Crippen molar-refractivity contribution in [3.8, 4) is 0 Å². The normalized spacial score (nSPS) is 19.1. The zero-order valence-corrected chi connectivity index (χ0v) is 15.0. The lowest BCUT2D eigenvalue weighted by Gasteiger charge is -2.39. The number of carbonyl (C=O) groups is 1. The van der Waals surface area contributed by atoms with E-state index in [9.17, 15) is 4.79 Å². The Kier molecular flexibility index (Phi) is 4.25. The molecule has 0 bridgehead atoms. The van der Waals surface area contributed by atoms with Crippen molar-refractivity contribution in [2.24, 2.45) is 0 Å². The Balaban J connectivity index is 1.70. The highest BCUT2D eigenvalue weighted by atomic mass is 16.3. The molecule has 1 aliphatic heterocycles. The highest BCUT2D eigenvalue weighted by Crippen LogP contribution is 2.39. The number of furan rings is 1. The molecule has 2 atom stereocenters. The second kappa shape index (κ2) is 6.71. The number of nitrogens with one attached hydrogen (secondary N) is 1. The fraction of sp³-hybridized carbons (Fsp3) is 0.227. The number of hydrogen-bond donors (Lipinski definition) is 1. The maximum Gasteiger partial charge on any atom is 0.294 e. The molecule has 1 aliphatic rings. The number of amides is 1. The third-order valence-corrected chi connectivity index (χ3v) is 4.98. The summed E-state index contributed by atoms with van der Waals surface area (Å²) < 4.78 is 5.46. The van der Waals surface area contributed by atoms with Gasteiger partial charge in [0.1, 0.15) is 0 Å². The highest BCUT2D eigenvalue weighted by Gasteiger charge is 2.35. The first kappa shape index (κ1) is 16.5. The Hall–Kier alpha value is -3.01. The third-order valence-electron chi connectivity index (χ3n) is 4.98. The second-order valence-electron chi connectivity index (χ2n) is 6.81. The van der Waals surface area contributed by atoms with Crippen molar-refractivity contribution in [2.75, 3.05) is 10.2 Å². The van der Waals surface area contributed by atoms with Gasteiger partial charge in [-0.3, -0.25) is 4.79 Å². The molecule has 132 valence electrons. The molecule has 0 fully saturated rings. The zero-order chi connectivity index (χ0) is 18.1. The van der Waals surface area contributed by atoms with E-state index >= 15 is 0 Å². The number of nitrogens with zero attached hydrogens (tertiary/aromatic N) is 1. The number of rotatable bonds is 3. The molecular weight excluding hydrogens is 324 g/mol. The summed E-state index contributed by atoms with van der Waals surface area (Å²) in [4.78, 5) is 15.0. The minimum absolute atomic E-state index is 0.0584. The van der Waals surface area contributed by atoms with Gasteiger partial charge in [0.25, 0.3) is 5.91 Å². The lowest BCUT2D eigenvalue weighted by molar-refractivity contribution is 0.0946. The quantitative estimate of drug-likeness (QED) is 0.711. The molecular formula is C22H22N2O2. The van der Waals surface area contributed by atoms with E-state index in [0.29, 0.717) is 5.76 Å². The van der Waals surface area contributed by atoms with Gasteiger partial charge in [-0.1, -0.05) is 36.4 Å². The number of fused-ring (bicyclic) bond motifs is 1. The van der Waals surface area contributed by atoms with E-state index in [1.807, 2.05) is 54.3 Å². The summed E-state index contributed by atoms with van der Waals surface area (Å²) in [5.41, 5.74) is 4.03. The van der Waals surface area contributed by atoms with Gasteiger partial charge in [-0.2, -0.15) is 0 Å². The summed E-state index contributed by atoms with van der Waals surface area (Å²) in [6.07, 6.45) is 2.40. The molecule has 2 aromatic carbocycles. The van der Waals surface area contributed by atoms with Crippen LogP contribution in [-0.4, -0.2) is 11.9 Å². The fourth-order valence-corrected chi connectivity index (χ4v) is 3.70. The molecule has 3 aromatic rings. The first-order chi connectivity index (χ1) is 12.6. The molecule has 0 aliphatic carbocycles. The third kappa shape index (κ3) is 2.88. The van der Waals surface area contributed by atoms with Crippen LogP contribution in [0.4, 0.5) is 11.4 Å². The van der Waals surface area contributed by atoms with Crippen LogP contribution in [-0.2, 0) is 0 Å². The Morgan fingerprint density at radius 3 is 2.54 bits per heavy atom. The van der Waals surface area contributed by atoms with E-state index in [2.05, 4.69) is 30.4 Å². The van der Waals surface area contributed by atoms with Crippen molar-refractivity contribution in [3.05, 3.63) is 83.8 Å². The number of para-hydroxylation sites is 2. The highest BCUT2D eigenvalue weighted by molar-refractivity contribution is 6.06. The summed E-state index contributed by atoms with van der Waals surface area (Å²) in [7, 11) is 0. The average molecular weight is 346 g/mol. The monoisotopic (exact) mass is 346 g/mol. The van der Waals surface area contributed by atoms with Crippen LogP contribution in [0.3, 0.4) is 0 Å². The van der Waals surface area contributed by atoms with Crippen molar-refractivity contribution in [1.29, 1.82) is 0 Å². The summed E-state index contributed by atoms with van der Waals surface area (Å²) in [6.45, 7) is 3.99. The largest absolute Gasteiger partial charge is 0.459 e. The summed E-state index contributed by atoms with van der Waals surface area (Å²) in [6, 6.07) is 20.3. The molecule has 0 spiro atoms. The van der Waals surface area contributed by atoms with Crippen LogP contribution in [0.1, 0.15) is 41.1 Å². The van der Waals surface area contributed by atoms with Crippen molar-refractivity contribution < 1.29 is 9.21 Å². The number of aryl methyl sites for hydroxylation is 1. The molecule has 26 heavy (non-hydrogen) atoms. The molecule has 0 saturated heterocycles. The molecule has 4 nitrogen and oxygen atoms in total. The molecule has 1 amide bonds. The molecule has 4 heteroatoms. The van der Waals surface area contributed by atoms with Gasteiger partial charge in [0.2, 0.25) is 0 Å². The van der Waals surface area contributed by atoms with Gasteiger partial charge in [0.05, 0.1) is 12.3 Å². The standard InChI is InChI=1S/C22H22N2O2/c1-15-12-13-26-21(15)22(25)24-16(2)14-19(18-10-6-7-11-20(18)24)23-17-8-4-3-5-9-17/h3-13,16,19,23H,14H2,1-2H3/t16-,19-/m0/s1. The second-order valence-corrected chi connectivity index (χ2v) is 6.81. The average Bonchev–Trinajstić information content (AvgIpc) is 3.08. The van der Waals surface area contributed by atoms with Crippen LogP contribution >= 0.6 is 0 Å². The number of benzene rings is 2. The van der Waals surface area contributed by atoms with Gasteiger partial charge in [-0.25, -0.2) is 0 Å². The van der Waals surface area contributed by atoms with Crippen LogP contribution in [0, 0.1) is 6.92 Å². The lowest BCUT2D eigenvalue weighted by atomic mass is 9.91. The number of carbonyl (C=O) groups excluding carboxylic acids is 1. The minimum atomic E-state index is -0.0781. The Labute approximate surface area is 153 Å². The molecule has 1 N–H and O–H groups in total. The smallest absolute Gasteiger partial charge is 0.294 e. The number of anilines is 2. The van der Waals surface area contributed by atoms with Gasteiger partial charge < -0.3 is 14.6 Å². The topological polar surface area (TPSA) is 45.5 Å². The van der Waals surface area contributed by atoms with Gasteiger partial charge in [0.15, 0.2) is 5.76 Å². The zero-order valence-electron chi connectivity index (χ0n) is 15.0. The minimum Gasteiger partial charge on any atom is -0.459 e. The molecule has 0 saturated carbocycles. The van der Waals surface area contributed by atoms with E-state index in [1.54, 1.807) is 6.26 Å². The van der Waals surface area contributed by atoms with Gasteiger partial charge >= 0.3 is 0 Å². The Bertz CT molecular complexity index is 917. The first-order valence-corrected chi connectivity index (χ1v) is 8.93. The molecule has 0 radical (unpaired) electrons. The van der Waals surface area contributed by atoms with Crippen LogP contribution in [0.5, 0.6) is 0 Å². The van der Waals surface area contributed by atoms with Crippen LogP contribution in [0.15, 0.2) is 71.3 Å². The summed E-state index contributed by atoms with van der Waals surface area (Å²) in [5.74, 6) is 0.340. The Morgan fingerprint density at radius 2 is 1.81 bits per heavy atom. The van der Waals surface area contributed by atoms with Crippen LogP contribution in [0.25, 0.3) is 0 Å². The van der Waals surface area contributed by atoms with Crippen molar-refractivity contribution >= 4 is 17.3 Å². The maximum absolute atomic E-state index is 13.1. The predicted octanol–water partition coefficient (Wildman–Crippen LogP) is 5.18. The van der Waals surface area contributed by atoms with Crippen LogP contribution in [0.2, 0.25) is 0 Å². The number of hydrogen-bond acceptors (Lipinski definition) is 3. The molecule has 1 aromatic heterocycles. The van der Waals surface area contributed by atoms with E-state index in [4.69, 9.17) is 4.42 Å². The molecule has 2 heterocycles.